The molecule has 1 aliphatic heterocycles. The number of aromatic amines is 1. The predicted molar refractivity (Wildman–Crippen MR) is 125 cm³/mol. The first kappa shape index (κ1) is 21.5. The van der Waals surface area contributed by atoms with E-state index in [9.17, 15) is 4.79 Å². The van der Waals surface area contributed by atoms with Crippen LogP contribution in [0.25, 0.3) is 10.9 Å². The van der Waals surface area contributed by atoms with Gasteiger partial charge in [0.25, 0.3) is 5.56 Å². The average molecular weight is 445 g/mol. The van der Waals surface area contributed by atoms with Gasteiger partial charge in [-0.05, 0) is 59.3 Å². The standard InChI is InChI=1S/C25H28N6O2/c1-18-9-10-23-20(12-18)13-21(25(32)26-23)15-30(14-19-6-3-2-4-7-19)17-24-27-28-29-31(24)16-22-8-5-11-33-22/h2-4,6-7,9-10,12-13,22H,5,8,11,14-17H2,1H3,(H,26,32). The summed E-state index contributed by atoms with van der Waals surface area (Å²) in [6.07, 6.45) is 2.26. The second kappa shape index (κ2) is 9.64. The molecule has 4 aromatic rings. The highest BCUT2D eigenvalue weighted by Gasteiger charge is 2.20. The molecule has 1 fully saturated rings. The number of ether oxygens (including phenoxy) is 1. The average Bonchev–Trinajstić information content (AvgIpc) is 3.48. The Hall–Kier alpha value is -3.36. The number of fused-ring (bicyclic) bond motifs is 1. The molecule has 8 nitrogen and oxygen atoms in total. The minimum atomic E-state index is -0.0663. The Labute approximate surface area is 192 Å². The van der Waals surface area contributed by atoms with Crippen molar-refractivity contribution >= 4 is 10.9 Å². The van der Waals surface area contributed by atoms with Gasteiger partial charge in [-0.2, -0.15) is 0 Å². The number of rotatable bonds is 8. The predicted octanol–water partition coefficient (Wildman–Crippen LogP) is 3.20. The van der Waals surface area contributed by atoms with Gasteiger partial charge in [0.05, 0.1) is 19.2 Å². The van der Waals surface area contributed by atoms with Gasteiger partial charge in [0.2, 0.25) is 0 Å². The number of tetrazole rings is 1. The minimum absolute atomic E-state index is 0.0663. The van der Waals surface area contributed by atoms with Crippen LogP contribution in [-0.2, 0) is 30.9 Å². The molecule has 3 heterocycles. The van der Waals surface area contributed by atoms with E-state index in [2.05, 4.69) is 50.5 Å². The largest absolute Gasteiger partial charge is 0.376 e. The van der Waals surface area contributed by atoms with Crippen LogP contribution in [0.3, 0.4) is 0 Å². The van der Waals surface area contributed by atoms with Crippen molar-refractivity contribution in [2.24, 2.45) is 0 Å². The minimum Gasteiger partial charge on any atom is -0.376 e. The summed E-state index contributed by atoms with van der Waals surface area (Å²) < 4.78 is 7.60. The zero-order chi connectivity index (χ0) is 22.6. The Morgan fingerprint density at radius 2 is 2.00 bits per heavy atom. The van der Waals surface area contributed by atoms with E-state index in [0.29, 0.717) is 26.2 Å². The summed E-state index contributed by atoms with van der Waals surface area (Å²) in [6, 6.07) is 18.3. The second-order valence-corrected chi connectivity index (χ2v) is 8.76. The molecular weight excluding hydrogens is 416 g/mol. The topological polar surface area (TPSA) is 88.9 Å². The molecule has 5 rings (SSSR count). The third kappa shape index (κ3) is 5.18. The Morgan fingerprint density at radius 1 is 1.12 bits per heavy atom. The molecule has 1 saturated heterocycles. The van der Waals surface area contributed by atoms with Crippen LogP contribution in [0.2, 0.25) is 0 Å². The molecule has 0 aliphatic carbocycles. The van der Waals surface area contributed by atoms with E-state index >= 15 is 0 Å². The van der Waals surface area contributed by atoms with Crippen LogP contribution in [0.1, 0.15) is 35.4 Å². The number of nitrogens with one attached hydrogen (secondary N) is 1. The van der Waals surface area contributed by atoms with E-state index in [0.717, 1.165) is 47.3 Å². The molecule has 2 aromatic carbocycles. The second-order valence-electron chi connectivity index (χ2n) is 8.76. The lowest BCUT2D eigenvalue weighted by Crippen LogP contribution is -2.29. The summed E-state index contributed by atoms with van der Waals surface area (Å²) in [6.45, 7) is 5.20. The van der Waals surface area contributed by atoms with Crippen LogP contribution < -0.4 is 5.56 Å². The molecule has 8 heteroatoms. The number of nitrogens with zero attached hydrogens (tertiary/aromatic N) is 5. The highest BCUT2D eigenvalue weighted by molar-refractivity contribution is 5.79. The summed E-state index contributed by atoms with van der Waals surface area (Å²) >= 11 is 0. The summed E-state index contributed by atoms with van der Waals surface area (Å²) in [5.74, 6) is 0.773. The molecule has 0 radical (unpaired) electrons. The number of hydrogen-bond donors (Lipinski definition) is 1. The van der Waals surface area contributed by atoms with E-state index < -0.39 is 0 Å². The van der Waals surface area contributed by atoms with Crippen LogP contribution >= 0.6 is 0 Å². The molecular formula is C25H28N6O2. The first-order chi connectivity index (χ1) is 16.1. The number of hydrogen-bond acceptors (Lipinski definition) is 6. The molecule has 0 bridgehead atoms. The van der Waals surface area contributed by atoms with E-state index in [-0.39, 0.29) is 11.7 Å². The fourth-order valence-electron chi connectivity index (χ4n) is 4.40. The third-order valence-electron chi connectivity index (χ3n) is 6.09. The SMILES string of the molecule is Cc1ccc2[nH]c(=O)c(CN(Cc3ccccc3)Cc3nnnn3CC3CCCO3)cc2c1. The summed E-state index contributed by atoms with van der Waals surface area (Å²) in [7, 11) is 0. The van der Waals surface area contributed by atoms with Gasteiger partial charge >= 0.3 is 0 Å². The van der Waals surface area contributed by atoms with Gasteiger partial charge in [-0.25, -0.2) is 4.68 Å². The van der Waals surface area contributed by atoms with Gasteiger partial charge in [-0.15, -0.1) is 5.10 Å². The number of H-pyrrole nitrogens is 1. The van der Waals surface area contributed by atoms with Crippen molar-refractivity contribution in [3.63, 3.8) is 0 Å². The lowest BCUT2D eigenvalue weighted by Gasteiger charge is -2.22. The molecule has 1 aliphatic rings. The number of pyridine rings is 1. The smallest absolute Gasteiger partial charge is 0.252 e. The normalized spacial score (nSPS) is 16.1. The fourth-order valence-corrected chi connectivity index (χ4v) is 4.40. The van der Waals surface area contributed by atoms with Gasteiger partial charge in [-0.3, -0.25) is 9.69 Å². The van der Waals surface area contributed by atoms with Gasteiger partial charge in [0.15, 0.2) is 5.82 Å². The van der Waals surface area contributed by atoms with E-state index in [1.54, 1.807) is 0 Å². The van der Waals surface area contributed by atoms with Crippen LogP contribution in [-0.4, -0.2) is 42.8 Å². The maximum Gasteiger partial charge on any atom is 0.252 e. The van der Waals surface area contributed by atoms with E-state index in [1.807, 2.05) is 41.1 Å². The van der Waals surface area contributed by atoms with Crippen LogP contribution in [0, 0.1) is 6.92 Å². The number of aromatic nitrogens is 5. The Kier molecular flexibility index (Phi) is 6.28. The quantitative estimate of drug-likeness (QED) is 0.449. The maximum atomic E-state index is 12.9. The third-order valence-corrected chi connectivity index (χ3v) is 6.09. The van der Waals surface area contributed by atoms with E-state index in [1.165, 1.54) is 5.56 Å². The molecule has 1 atom stereocenters. The summed E-state index contributed by atoms with van der Waals surface area (Å²) in [4.78, 5) is 18.1. The van der Waals surface area contributed by atoms with Gasteiger partial charge in [-0.1, -0.05) is 42.0 Å². The highest BCUT2D eigenvalue weighted by atomic mass is 16.5. The zero-order valence-electron chi connectivity index (χ0n) is 18.8. The summed E-state index contributed by atoms with van der Waals surface area (Å²) in [5.41, 5.74) is 3.84. The molecule has 0 spiro atoms. The molecule has 2 aromatic heterocycles. The monoisotopic (exact) mass is 444 g/mol. The first-order valence-corrected chi connectivity index (χ1v) is 11.4. The Bertz CT molecular complexity index is 1280. The Morgan fingerprint density at radius 3 is 2.82 bits per heavy atom. The van der Waals surface area contributed by atoms with Crippen LogP contribution in [0.15, 0.2) is 59.4 Å². The molecule has 170 valence electrons. The molecule has 1 N–H and O–H groups in total. The Balaban J connectivity index is 1.42. The van der Waals surface area contributed by atoms with Crippen molar-refractivity contribution in [1.29, 1.82) is 0 Å². The molecule has 0 saturated carbocycles. The lowest BCUT2D eigenvalue weighted by molar-refractivity contribution is 0.0914. The van der Waals surface area contributed by atoms with Crippen molar-refractivity contribution in [1.82, 2.24) is 30.1 Å². The van der Waals surface area contributed by atoms with Gasteiger partial charge in [0, 0.05) is 30.8 Å². The summed E-state index contributed by atoms with van der Waals surface area (Å²) in [5, 5.41) is 13.4. The van der Waals surface area contributed by atoms with Crippen molar-refractivity contribution in [2.45, 2.75) is 52.0 Å². The molecule has 1 unspecified atom stereocenters. The molecule has 33 heavy (non-hydrogen) atoms. The van der Waals surface area contributed by atoms with Crippen molar-refractivity contribution in [3.8, 4) is 0 Å². The van der Waals surface area contributed by atoms with E-state index in [4.69, 9.17) is 4.74 Å². The highest BCUT2D eigenvalue weighted by Crippen LogP contribution is 2.18. The first-order valence-electron chi connectivity index (χ1n) is 11.4. The van der Waals surface area contributed by atoms with Gasteiger partial charge < -0.3 is 9.72 Å². The zero-order valence-corrected chi connectivity index (χ0v) is 18.8. The number of benzene rings is 2. The van der Waals surface area contributed by atoms with Crippen LogP contribution in [0.5, 0.6) is 0 Å². The number of aryl methyl sites for hydroxylation is 1. The van der Waals surface area contributed by atoms with Crippen molar-refractivity contribution < 1.29 is 4.74 Å². The lowest BCUT2D eigenvalue weighted by atomic mass is 10.1. The molecule has 0 amide bonds. The van der Waals surface area contributed by atoms with Gasteiger partial charge in [0.1, 0.15) is 0 Å². The van der Waals surface area contributed by atoms with Crippen molar-refractivity contribution in [3.05, 3.63) is 87.5 Å². The van der Waals surface area contributed by atoms with Crippen molar-refractivity contribution in [2.75, 3.05) is 6.61 Å². The maximum absolute atomic E-state index is 12.9. The fraction of sp³-hybridized carbons (Fsp3) is 0.360. The van der Waals surface area contributed by atoms with Crippen LogP contribution in [0.4, 0.5) is 0 Å².